The summed E-state index contributed by atoms with van der Waals surface area (Å²) in [6.07, 6.45) is 5.26. The van der Waals surface area contributed by atoms with Crippen LogP contribution in [0.25, 0.3) is 0 Å². The molecule has 264 valence electrons. The first-order valence-electron chi connectivity index (χ1n) is 17.5. The van der Waals surface area contributed by atoms with Gasteiger partial charge in [-0.3, -0.25) is 14.5 Å². The Balaban J connectivity index is 1.19. The number of carbonyl (C=O) groups is 2. The minimum absolute atomic E-state index is 0.0197. The van der Waals surface area contributed by atoms with Gasteiger partial charge in [-0.25, -0.2) is 4.39 Å². The highest BCUT2D eigenvalue weighted by Gasteiger charge is 2.36. The van der Waals surface area contributed by atoms with E-state index in [4.69, 9.17) is 14.2 Å². The Bertz CT molecular complexity index is 1650. The Morgan fingerprint density at radius 2 is 1.56 bits per heavy atom. The third-order valence-corrected chi connectivity index (χ3v) is 8.87. The number of ether oxygens (including phenoxy) is 3. The van der Waals surface area contributed by atoms with E-state index in [9.17, 15) is 14.0 Å². The van der Waals surface area contributed by atoms with Crippen molar-refractivity contribution in [2.75, 3.05) is 38.2 Å². The van der Waals surface area contributed by atoms with E-state index in [-0.39, 0.29) is 24.9 Å². The van der Waals surface area contributed by atoms with Gasteiger partial charge in [-0.15, -0.1) is 0 Å². The molecule has 1 heterocycles. The van der Waals surface area contributed by atoms with Gasteiger partial charge < -0.3 is 24.8 Å². The maximum absolute atomic E-state index is 13.8. The van der Waals surface area contributed by atoms with Gasteiger partial charge in [0.1, 0.15) is 28.6 Å². The van der Waals surface area contributed by atoms with Crippen molar-refractivity contribution in [2.45, 2.75) is 58.1 Å². The minimum Gasteiger partial charge on any atom is -0.494 e. The molecule has 2 N–H and O–H groups in total. The van der Waals surface area contributed by atoms with Crippen molar-refractivity contribution < 1.29 is 28.2 Å². The first kappa shape index (κ1) is 36.5. The van der Waals surface area contributed by atoms with E-state index >= 15 is 0 Å². The molecule has 1 aliphatic rings. The van der Waals surface area contributed by atoms with E-state index < -0.39 is 11.4 Å². The molecule has 0 spiro atoms. The fourth-order valence-corrected chi connectivity index (χ4v) is 6.18. The molecule has 2 atom stereocenters. The highest BCUT2D eigenvalue weighted by molar-refractivity contribution is 6.00. The molecule has 0 aromatic heterocycles. The number of amides is 2. The number of nitrogens with one attached hydrogen (secondary N) is 2. The number of benzene rings is 4. The molecule has 1 saturated heterocycles. The van der Waals surface area contributed by atoms with Crippen LogP contribution in [0.3, 0.4) is 0 Å². The summed E-state index contributed by atoms with van der Waals surface area (Å²) >= 11 is 0. The molecule has 50 heavy (non-hydrogen) atoms. The van der Waals surface area contributed by atoms with Crippen LogP contribution < -0.4 is 20.1 Å². The van der Waals surface area contributed by atoms with Gasteiger partial charge >= 0.3 is 0 Å². The molecule has 2 amide bonds. The number of nitrogens with zero attached hydrogens (tertiary/aromatic N) is 1. The van der Waals surface area contributed by atoms with Crippen molar-refractivity contribution in [3.63, 3.8) is 0 Å². The van der Waals surface area contributed by atoms with E-state index in [1.807, 2.05) is 43.3 Å². The lowest BCUT2D eigenvalue weighted by atomic mass is 9.89. The van der Waals surface area contributed by atoms with Gasteiger partial charge in [-0.2, -0.15) is 0 Å². The van der Waals surface area contributed by atoms with E-state index in [0.29, 0.717) is 36.3 Å². The third kappa shape index (κ3) is 11.4. The zero-order valence-corrected chi connectivity index (χ0v) is 29.0. The maximum atomic E-state index is 13.8. The second-order valence-corrected chi connectivity index (χ2v) is 13.1. The topological polar surface area (TPSA) is 89.1 Å². The lowest BCUT2D eigenvalue weighted by Gasteiger charge is -2.32. The molecule has 9 heteroatoms. The van der Waals surface area contributed by atoms with E-state index in [1.165, 1.54) is 17.7 Å². The lowest BCUT2D eigenvalue weighted by molar-refractivity contribution is -0.133. The largest absolute Gasteiger partial charge is 0.494 e. The van der Waals surface area contributed by atoms with Crippen LogP contribution >= 0.6 is 0 Å². The summed E-state index contributed by atoms with van der Waals surface area (Å²) in [6.45, 7) is 6.45. The quantitative estimate of drug-likeness (QED) is 0.133. The van der Waals surface area contributed by atoms with E-state index in [1.54, 1.807) is 43.3 Å². The van der Waals surface area contributed by atoms with Crippen molar-refractivity contribution in [3.8, 4) is 17.2 Å². The van der Waals surface area contributed by atoms with Crippen molar-refractivity contribution in [2.24, 2.45) is 5.92 Å². The summed E-state index contributed by atoms with van der Waals surface area (Å²) in [5.41, 5.74) is 1.44. The lowest BCUT2D eigenvalue weighted by Crippen LogP contribution is -2.59. The van der Waals surface area contributed by atoms with Crippen LogP contribution in [0.2, 0.25) is 0 Å². The van der Waals surface area contributed by atoms with Gasteiger partial charge in [-0.05, 0) is 124 Å². The average Bonchev–Trinajstić information content (AvgIpc) is 3.10. The first-order valence-corrected chi connectivity index (χ1v) is 17.5. The molecular weight excluding hydrogens is 633 g/mol. The summed E-state index contributed by atoms with van der Waals surface area (Å²) in [5, 5.41) is 5.95. The predicted octanol–water partition coefficient (Wildman–Crippen LogP) is 7.78. The summed E-state index contributed by atoms with van der Waals surface area (Å²) in [4.78, 5) is 29.6. The Hall–Kier alpha value is -4.73. The number of hydrogen-bond acceptors (Lipinski definition) is 6. The van der Waals surface area contributed by atoms with Gasteiger partial charge in [0.05, 0.1) is 26.4 Å². The molecule has 5 rings (SSSR count). The maximum Gasteiger partial charge on any atom is 0.252 e. The van der Waals surface area contributed by atoms with Crippen LogP contribution in [0.4, 0.5) is 10.1 Å². The Labute approximate surface area is 294 Å². The summed E-state index contributed by atoms with van der Waals surface area (Å²) in [6, 6.07) is 30.7. The number of carbonyl (C=O) groups excluding carboxylic acids is 2. The summed E-state index contributed by atoms with van der Waals surface area (Å²) in [7, 11) is 0. The number of hydrogen-bond donors (Lipinski definition) is 2. The number of anilines is 1. The molecule has 4 aromatic carbocycles. The Kier molecular flexibility index (Phi) is 13.4. The molecular formula is C41H48FN3O5. The second kappa shape index (κ2) is 18.3. The van der Waals surface area contributed by atoms with Crippen LogP contribution in [0.15, 0.2) is 103 Å². The molecule has 2 unspecified atom stereocenters. The molecule has 0 bridgehead atoms. The second-order valence-electron chi connectivity index (χ2n) is 13.1. The van der Waals surface area contributed by atoms with Crippen LogP contribution in [0, 0.1) is 11.7 Å². The fourth-order valence-electron chi connectivity index (χ4n) is 6.18. The summed E-state index contributed by atoms with van der Waals surface area (Å²) in [5.74, 6) is 1.49. The zero-order chi connectivity index (χ0) is 35.2. The zero-order valence-electron chi connectivity index (χ0n) is 29.0. The van der Waals surface area contributed by atoms with Gasteiger partial charge in [0, 0.05) is 5.69 Å². The Morgan fingerprint density at radius 3 is 2.30 bits per heavy atom. The van der Waals surface area contributed by atoms with Crippen LogP contribution in [-0.2, 0) is 27.4 Å². The van der Waals surface area contributed by atoms with E-state index in [2.05, 4.69) is 33.7 Å². The molecule has 0 radical (unpaired) electrons. The van der Waals surface area contributed by atoms with E-state index in [0.717, 1.165) is 56.5 Å². The fraction of sp³-hybridized carbons (Fsp3) is 0.366. The van der Waals surface area contributed by atoms with Crippen molar-refractivity contribution in [1.29, 1.82) is 0 Å². The minimum atomic E-state index is -1.34. The van der Waals surface area contributed by atoms with Gasteiger partial charge in [-0.1, -0.05) is 55.3 Å². The standard InChI is InChI=1S/C41H48FN3O5/c1-3-49-38-14-9-13-33(27-38)26-31-10-7-8-24-45(25-23-31)28-39(46)44-41(2,30-48-29-32-11-5-4-6-12-32)40(47)43-35-17-21-37(22-18-35)50-36-19-15-34(42)16-20-36/h4-6,9,11-22,27,31H,3,7-8,10,23-26,28-30H2,1-2H3,(H,43,47)(H,44,46). The van der Waals surface area contributed by atoms with Gasteiger partial charge in [0.15, 0.2) is 0 Å². The monoisotopic (exact) mass is 681 g/mol. The van der Waals surface area contributed by atoms with Crippen molar-refractivity contribution >= 4 is 17.5 Å². The molecule has 0 aliphatic carbocycles. The normalized spacial score (nSPS) is 16.3. The first-order chi connectivity index (χ1) is 24.3. The van der Waals surface area contributed by atoms with Crippen LogP contribution in [0.5, 0.6) is 17.2 Å². The highest BCUT2D eigenvalue weighted by atomic mass is 19.1. The van der Waals surface area contributed by atoms with Gasteiger partial charge in [0.2, 0.25) is 5.91 Å². The van der Waals surface area contributed by atoms with Crippen LogP contribution in [0.1, 0.15) is 50.7 Å². The smallest absolute Gasteiger partial charge is 0.252 e. The molecule has 1 aliphatic heterocycles. The Morgan fingerprint density at radius 1 is 0.840 bits per heavy atom. The van der Waals surface area contributed by atoms with Gasteiger partial charge in [0.25, 0.3) is 5.91 Å². The molecule has 4 aromatic rings. The molecule has 0 saturated carbocycles. The molecule has 8 nitrogen and oxygen atoms in total. The number of halogens is 1. The average molecular weight is 682 g/mol. The molecule has 1 fully saturated rings. The number of likely N-dealkylation sites (tertiary alicyclic amines) is 1. The third-order valence-electron chi connectivity index (χ3n) is 8.87. The van der Waals surface area contributed by atoms with Crippen molar-refractivity contribution in [3.05, 3.63) is 120 Å². The van der Waals surface area contributed by atoms with Crippen LogP contribution in [-0.4, -0.2) is 55.1 Å². The highest BCUT2D eigenvalue weighted by Crippen LogP contribution is 2.26. The summed E-state index contributed by atoms with van der Waals surface area (Å²) < 4.78 is 30.8. The predicted molar refractivity (Wildman–Crippen MR) is 194 cm³/mol. The number of rotatable bonds is 15. The van der Waals surface area contributed by atoms with Crippen molar-refractivity contribution in [1.82, 2.24) is 10.2 Å². The SMILES string of the molecule is CCOc1cccc(CC2CCCCN(CC(=O)NC(C)(COCc3ccccc3)C(=O)Nc3ccc(Oc4ccc(F)cc4)cc3)CC2)c1.